The van der Waals surface area contributed by atoms with Crippen LogP contribution in [-0.2, 0) is 6.54 Å². The standard InChI is InChI=1S/C14H20N4S/c1-10(2)7-15-8-12-4-5-13(11(3)6-12)19-14-16-9-17-18-14/h4-6,9-10,15H,7-8H2,1-3H3,(H,16,17,18). The molecule has 2 aromatic rings. The first-order valence-electron chi connectivity index (χ1n) is 6.48. The van der Waals surface area contributed by atoms with Gasteiger partial charge in [-0.05, 0) is 36.6 Å². The van der Waals surface area contributed by atoms with Gasteiger partial charge in [0.15, 0.2) is 5.16 Å². The van der Waals surface area contributed by atoms with Gasteiger partial charge in [-0.25, -0.2) is 4.98 Å². The van der Waals surface area contributed by atoms with Gasteiger partial charge in [0.1, 0.15) is 6.33 Å². The lowest BCUT2D eigenvalue weighted by molar-refractivity contribution is 0.552. The summed E-state index contributed by atoms with van der Waals surface area (Å²) in [5.41, 5.74) is 2.59. The Morgan fingerprint density at radius 3 is 2.84 bits per heavy atom. The van der Waals surface area contributed by atoms with Gasteiger partial charge in [-0.3, -0.25) is 5.10 Å². The lowest BCUT2D eigenvalue weighted by Crippen LogP contribution is -2.18. The number of nitrogens with one attached hydrogen (secondary N) is 2. The van der Waals surface area contributed by atoms with Crippen LogP contribution in [0, 0.1) is 12.8 Å². The van der Waals surface area contributed by atoms with Crippen molar-refractivity contribution in [3.05, 3.63) is 35.7 Å². The van der Waals surface area contributed by atoms with Crippen molar-refractivity contribution in [3.63, 3.8) is 0 Å². The lowest BCUT2D eigenvalue weighted by atomic mass is 10.1. The van der Waals surface area contributed by atoms with Crippen LogP contribution < -0.4 is 5.32 Å². The van der Waals surface area contributed by atoms with Crippen molar-refractivity contribution in [1.29, 1.82) is 0 Å². The van der Waals surface area contributed by atoms with Gasteiger partial charge in [0.2, 0.25) is 0 Å². The van der Waals surface area contributed by atoms with Gasteiger partial charge in [-0.2, -0.15) is 5.10 Å². The highest BCUT2D eigenvalue weighted by molar-refractivity contribution is 7.99. The minimum absolute atomic E-state index is 0.683. The Morgan fingerprint density at radius 1 is 1.37 bits per heavy atom. The Labute approximate surface area is 118 Å². The fourth-order valence-electron chi connectivity index (χ4n) is 1.79. The molecule has 0 fully saturated rings. The number of nitrogens with zero attached hydrogens (tertiary/aromatic N) is 2. The second-order valence-corrected chi connectivity index (χ2v) is 6.05. The molecule has 0 aliphatic heterocycles. The second-order valence-electron chi connectivity index (χ2n) is 5.02. The summed E-state index contributed by atoms with van der Waals surface area (Å²) in [5.74, 6) is 0.683. The number of H-pyrrole nitrogens is 1. The maximum absolute atomic E-state index is 4.13. The van der Waals surface area contributed by atoms with E-state index in [2.05, 4.69) is 59.5 Å². The SMILES string of the molecule is Cc1cc(CNCC(C)C)ccc1Sc1ncn[nH]1. The second kappa shape index (κ2) is 6.73. The van der Waals surface area contributed by atoms with Gasteiger partial charge < -0.3 is 5.32 Å². The van der Waals surface area contributed by atoms with Crippen LogP contribution in [0.5, 0.6) is 0 Å². The maximum atomic E-state index is 4.13. The van der Waals surface area contributed by atoms with Crippen LogP contribution in [0.4, 0.5) is 0 Å². The predicted octanol–water partition coefficient (Wildman–Crippen LogP) is 3.01. The summed E-state index contributed by atoms with van der Waals surface area (Å²) in [5, 5.41) is 11.0. The molecular formula is C14H20N4S. The first-order chi connectivity index (χ1) is 9.15. The molecule has 19 heavy (non-hydrogen) atoms. The highest BCUT2D eigenvalue weighted by atomic mass is 32.2. The third kappa shape index (κ3) is 4.36. The van der Waals surface area contributed by atoms with Gasteiger partial charge in [0.25, 0.3) is 0 Å². The third-order valence-electron chi connectivity index (χ3n) is 2.72. The quantitative estimate of drug-likeness (QED) is 0.851. The van der Waals surface area contributed by atoms with Crippen molar-refractivity contribution >= 4 is 11.8 Å². The smallest absolute Gasteiger partial charge is 0.188 e. The average molecular weight is 276 g/mol. The van der Waals surface area contributed by atoms with Crippen molar-refractivity contribution in [2.45, 2.75) is 37.4 Å². The number of aromatic nitrogens is 3. The van der Waals surface area contributed by atoms with E-state index in [9.17, 15) is 0 Å². The van der Waals surface area contributed by atoms with Crippen molar-refractivity contribution in [2.24, 2.45) is 5.92 Å². The van der Waals surface area contributed by atoms with Crippen molar-refractivity contribution in [1.82, 2.24) is 20.5 Å². The highest BCUT2D eigenvalue weighted by Gasteiger charge is 2.04. The maximum Gasteiger partial charge on any atom is 0.188 e. The molecule has 1 aromatic carbocycles. The lowest BCUT2D eigenvalue weighted by Gasteiger charge is -2.09. The average Bonchev–Trinajstić information content (AvgIpc) is 2.85. The van der Waals surface area contributed by atoms with E-state index in [1.807, 2.05) is 0 Å². The van der Waals surface area contributed by atoms with Gasteiger partial charge in [-0.15, -0.1) is 0 Å². The minimum Gasteiger partial charge on any atom is -0.312 e. The van der Waals surface area contributed by atoms with E-state index in [0.29, 0.717) is 5.92 Å². The van der Waals surface area contributed by atoms with E-state index >= 15 is 0 Å². The van der Waals surface area contributed by atoms with E-state index in [1.165, 1.54) is 22.3 Å². The summed E-state index contributed by atoms with van der Waals surface area (Å²) in [4.78, 5) is 5.34. The van der Waals surface area contributed by atoms with Gasteiger partial charge in [0.05, 0.1) is 0 Å². The molecule has 0 unspecified atom stereocenters. The van der Waals surface area contributed by atoms with Crippen LogP contribution in [0.2, 0.25) is 0 Å². The summed E-state index contributed by atoms with van der Waals surface area (Å²) in [6.45, 7) is 8.54. The normalized spacial score (nSPS) is 11.2. The van der Waals surface area contributed by atoms with E-state index in [1.54, 1.807) is 11.8 Å². The fourth-order valence-corrected chi connectivity index (χ4v) is 2.55. The van der Waals surface area contributed by atoms with Gasteiger partial charge >= 0.3 is 0 Å². The fraction of sp³-hybridized carbons (Fsp3) is 0.429. The monoisotopic (exact) mass is 276 g/mol. The molecular weight excluding hydrogens is 256 g/mol. The molecule has 102 valence electrons. The highest BCUT2D eigenvalue weighted by Crippen LogP contribution is 2.27. The van der Waals surface area contributed by atoms with Crippen LogP contribution in [0.15, 0.2) is 34.6 Å². The first kappa shape index (κ1) is 14.1. The van der Waals surface area contributed by atoms with Crippen LogP contribution in [-0.4, -0.2) is 21.7 Å². The summed E-state index contributed by atoms with van der Waals surface area (Å²) in [6, 6.07) is 6.54. The molecule has 0 spiro atoms. The summed E-state index contributed by atoms with van der Waals surface area (Å²) in [7, 11) is 0. The molecule has 0 radical (unpaired) electrons. The third-order valence-corrected chi connectivity index (χ3v) is 3.79. The first-order valence-corrected chi connectivity index (χ1v) is 7.30. The molecule has 0 amide bonds. The summed E-state index contributed by atoms with van der Waals surface area (Å²) < 4.78 is 0. The zero-order chi connectivity index (χ0) is 13.7. The zero-order valence-corrected chi connectivity index (χ0v) is 12.4. The number of hydrogen-bond acceptors (Lipinski definition) is 4. The number of rotatable bonds is 6. The largest absolute Gasteiger partial charge is 0.312 e. The molecule has 4 nitrogen and oxygen atoms in total. The predicted molar refractivity (Wildman–Crippen MR) is 78.2 cm³/mol. The summed E-state index contributed by atoms with van der Waals surface area (Å²) >= 11 is 1.61. The van der Waals surface area contributed by atoms with Crippen molar-refractivity contribution < 1.29 is 0 Å². The number of benzene rings is 1. The molecule has 2 rings (SSSR count). The molecule has 0 bridgehead atoms. The Hall–Kier alpha value is -1.33. The van der Waals surface area contributed by atoms with Crippen LogP contribution in [0.1, 0.15) is 25.0 Å². The zero-order valence-electron chi connectivity index (χ0n) is 11.6. The van der Waals surface area contributed by atoms with Crippen molar-refractivity contribution in [3.8, 4) is 0 Å². The molecule has 0 aliphatic carbocycles. The molecule has 0 saturated carbocycles. The van der Waals surface area contributed by atoms with E-state index in [0.717, 1.165) is 18.2 Å². The Balaban J connectivity index is 1.97. The van der Waals surface area contributed by atoms with Crippen LogP contribution >= 0.6 is 11.8 Å². The molecule has 1 aromatic heterocycles. The van der Waals surface area contributed by atoms with E-state index in [-0.39, 0.29) is 0 Å². The minimum atomic E-state index is 0.683. The van der Waals surface area contributed by atoms with E-state index < -0.39 is 0 Å². The molecule has 5 heteroatoms. The molecule has 0 atom stereocenters. The summed E-state index contributed by atoms with van der Waals surface area (Å²) in [6.07, 6.45) is 1.53. The Morgan fingerprint density at radius 2 is 2.21 bits per heavy atom. The number of hydrogen-bond donors (Lipinski definition) is 2. The number of aryl methyl sites for hydroxylation is 1. The van der Waals surface area contributed by atoms with Gasteiger partial charge in [0, 0.05) is 11.4 Å². The Kier molecular flexibility index (Phi) is 4.99. The molecule has 1 heterocycles. The Bertz CT molecular complexity index is 508. The molecule has 0 aliphatic rings. The molecule has 2 N–H and O–H groups in total. The van der Waals surface area contributed by atoms with Crippen LogP contribution in [0.3, 0.4) is 0 Å². The van der Waals surface area contributed by atoms with E-state index in [4.69, 9.17) is 0 Å². The van der Waals surface area contributed by atoms with Crippen molar-refractivity contribution in [2.75, 3.05) is 6.54 Å². The number of aromatic amines is 1. The molecule has 0 saturated heterocycles. The topological polar surface area (TPSA) is 53.6 Å². The van der Waals surface area contributed by atoms with Crippen LogP contribution in [0.25, 0.3) is 0 Å². The van der Waals surface area contributed by atoms with Gasteiger partial charge in [-0.1, -0.05) is 37.7 Å².